The Morgan fingerprint density at radius 1 is 1.21 bits per heavy atom. The highest BCUT2D eigenvalue weighted by Crippen LogP contribution is 2.42. The number of hydrogen-bond donors (Lipinski definition) is 1. The number of hydrogen-bond acceptors (Lipinski definition) is 2. The first-order chi connectivity index (χ1) is 11.1. The molecule has 1 aliphatic rings. The van der Waals surface area contributed by atoms with E-state index in [1.807, 2.05) is 13.0 Å². The Bertz CT molecular complexity index is 798. The molecule has 0 aromatic heterocycles. The van der Waals surface area contributed by atoms with Crippen molar-refractivity contribution in [2.24, 2.45) is 5.41 Å². The number of nitrogens with one attached hydrogen (secondary N) is 1. The van der Waals surface area contributed by atoms with E-state index < -0.39 is 23.5 Å². The molecule has 2 aromatic rings. The van der Waals surface area contributed by atoms with Crippen molar-refractivity contribution in [1.29, 1.82) is 0 Å². The molecule has 0 unspecified atom stereocenters. The molecule has 1 heterocycles. The number of rotatable bonds is 2. The van der Waals surface area contributed by atoms with Gasteiger partial charge in [0, 0.05) is 6.54 Å². The third kappa shape index (κ3) is 2.86. The van der Waals surface area contributed by atoms with Crippen LogP contribution < -0.4 is 5.43 Å². The first-order valence-corrected chi connectivity index (χ1v) is 7.73. The van der Waals surface area contributed by atoms with Gasteiger partial charge in [-0.3, -0.25) is 10.2 Å². The van der Waals surface area contributed by atoms with Crippen molar-refractivity contribution in [1.82, 2.24) is 10.4 Å². The van der Waals surface area contributed by atoms with Gasteiger partial charge in [-0.05, 0) is 37.1 Å². The summed E-state index contributed by atoms with van der Waals surface area (Å²) in [5.74, 6) is -0.396. The molecule has 1 atom stereocenters. The lowest BCUT2D eigenvalue weighted by Gasteiger charge is -2.30. The number of amides is 1. The SMILES string of the molecule is Cc1ccc2c([C@H](N3CC(C)(C)C(=O)N3)C(F)(F)F)cccc2c1. The Labute approximate surface area is 138 Å². The average Bonchev–Trinajstić information content (AvgIpc) is 2.70. The molecule has 128 valence electrons. The quantitative estimate of drug-likeness (QED) is 0.894. The lowest BCUT2D eigenvalue weighted by Crippen LogP contribution is -2.43. The van der Waals surface area contributed by atoms with Crippen LogP contribution in [0.15, 0.2) is 36.4 Å². The van der Waals surface area contributed by atoms with Gasteiger partial charge in [-0.2, -0.15) is 13.2 Å². The van der Waals surface area contributed by atoms with Crippen LogP contribution in [0.5, 0.6) is 0 Å². The first kappa shape index (κ1) is 16.8. The Morgan fingerprint density at radius 3 is 2.50 bits per heavy atom. The number of carbonyl (C=O) groups is 1. The fraction of sp³-hybridized carbons (Fsp3) is 0.389. The predicted octanol–water partition coefficient (Wildman–Crippen LogP) is 4.12. The predicted molar refractivity (Wildman–Crippen MR) is 86.1 cm³/mol. The number of fused-ring (bicyclic) bond motifs is 1. The molecular weight excluding hydrogens is 317 g/mol. The van der Waals surface area contributed by atoms with Crippen LogP contribution in [0.4, 0.5) is 13.2 Å². The lowest BCUT2D eigenvalue weighted by molar-refractivity contribution is -0.191. The van der Waals surface area contributed by atoms with E-state index in [1.165, 1.54) is 6.07 Å². The van der Waals surface area contributed by atoms with Gasteiger partial charge in [-0.1, -0.05) is 42.0 Å². The van der Waals surface area contributed by atoms with Crippen molar-refractivity contribution >= 4 is 16.7 Å². The Hall–Kier alpha value is -2.08. The molecule has 0 saturated carbocycles. The van der Waals surface area contributed by atoms with Crippen molar-refractivity contribution in [3.05, 3.63) is 47.5 Å². The molecule has 1 aliphatic heterocycles. The molecule has 0 bridgehead atoms. The van der Waals surface area contributed by atoms with Gasteiger partial charge in [0.1, 0.15) is 0 Å². The van der Waals surface area contributed by atoms with Gasteiger partial charge in [-0.25, -0.2) is 5.01 Å². The summed E-state index contributed by atoms with van der Waals surface area (Å²) in [4.78, 5) is 12.0. The summed E-state index contributed by atoms with van der Waals surface area (Å²) in [6.07, 6.45) is -4.51. The highest BCUT2D eigenvalue weighted by Gasteiger charge is 2.51. The molecule has 1 amide bonds. The molecule has 3 rings (SSSR count). The van der Waals surface area contributed by atoms with Crippen LogP contribution in [0.25, 0.3) is 10.8 Å². The van der Waals surface area contributed by atoms with Gasteiger partial charge < -0.3 is 0 Å². The summed E-state index contributed by atoms with van der Waals surface area (Å²) in [6.45, 7) is 5.18. The number of alkyl halides is 3. The zero-order chi connectivity index (χ0) is 17.7. The summed E-state index contributed by atoms with van der Waals surface area (Å²) in [6, 6.07) is 8.39. The molecule has 0 radical (unpaired) electrons. The van der Waals surface area contributed by atoms with Crippen molar-refractivity contribution < 1.29 is 18.0 Å². The van der Waals surface area contributed by atoms with Crippen LogP contribution in [-0.4, -0.2) is 23.6 Å². The van der Waals surface area contributed by atoms with Crippen LogP contribution >= 0.6 is 0 Å². The van der Waals surface area contributed by atoms with E-state index in [9.17, 15) is 18.0 Å². The summed E-state index contributed by atoms with van der Waals surface area (Å²) in [5, 5.41) is 2.31. The van der Waals surface area contributed by atoms with Gasteiger partial charge in [0.25, 0.3) is 0 Å². The molecular formula is C18H19F3N2O. The molecule has 3 nitrogen and oxygen atoms in total. The molecule has 6 heteroatoms. The fourth-order valence-corrected chi connectivity index (χ4v) is 3.16. The van der Waals surface area contributed by atoms with E-state index in [0.717, 1.165) is 16.0 Å². The molecule has 2 aromatic carbocycles. The first-order valence-electron chi connectivity index (χ1n) is 7.73. The minimum Gasteiger partial charge on any atom is -0.287 e. The minimum atomic E-state index is -4.51. The second-order valence-electron chi connectivity index (χ2n) is 6.97. The number of hydrazine groups is 1. The van der Waals surface area contributed by atoms with Crippen LogP contribution in [0.3, 0.4) is 0 Å². The average molecular weight is 336 g/mol. The molecule has 0 spiro atoms. The van der Waals surface area contributed by atoms with Crippen LogP contribution in [0.1, 0.15) is 31.0 Å². The molecule has 1 fully saturated rings. The van der Waals surface area contributed by atoms with Gasteiger partial charge in [0.2, 0.25) is 5.91 Å². The van der Waals surface area contributed by atoms with E-state index in [0.29, 0.717) is 5.39 Å². The maximum Gasteiger partial charge on any atom is 0.409 e. The standard InChI is InChI=1S/C18H19F3N2O/c1-11-7-8-13-12(9-11)5-4-6-14(13)15(18(19,20)21)23-10-17(2,3)16(24)22-23/h4-9,15H,10H2,1-3H3,(H,22,24)/t15-/m0/s1. The summed E-state index contributed by atoms with van der Waals surface area (Å²) < 4.78 is 41.6. The third-order valence-electron chi connectivity index (χ3n) is 4.41. The van der Waals surface area contributed by atoms with Crippen LogP contribution in [-0.2, 0) is 4.79 Å². The second-order valence-corrected chi connectivity index (χ2v) is 6.97. The fourth-order valence-electron chi connectivity index (χ4n) is 3.16. The summed E-state index contributed by atoms with van der Waals surface area (Å²) >= 11 is 0. The normalized spacial score (nSPS) is 19.5. The van der Waals surface area contributed by atoms with Gasteiger partial charge in [-0.15, -0.1) is 0 Å². The van der Waals surface area contributed by atoms with Crippen LogP contribution in [0.2, 0.25) is 0 Å². The zero-order valence-corrected chi connectivity index (χ0v) is 13.7. The Kier molecular flexibility index (Phi) is 3.83. The number of aryl methyl sites for hydroxylation is 1. The lowest BCUT2D eigenvalue weighted by atomic mass is 9.93. The van der Waals surface area contributed by atoms with Gasteiger partial charge in [0.05, 0.1) is 5.41 Å². The highest BCUT2D eigenvalue weighted by atomic mass is 19.4. The van der Waals surface area contributed by atoms with Gasteiger partial charge >= 0.3 is 6.18 Å². The van der Waals surface area contributed by atoms with Crippen molar-refractivity contribution in [3.8, 4) is 0 Å². The summed E-state index contributed by atoms with van der Waals surface area (Å²) in [7, 11) is 0. The van der Waals surface area contributed by atoms with Crippen LogP contribution in [0, 0.1) is 12.3 Å². The zero-order valence-electron chi connectivity index (χ0n) is 13.7. The summed E-state index contributed by atoms with van der Waals surface area (Å²) in [5.41, 5.74) is 2.68. The van der Waals surface area contributed by atoms with E-state index in [1.54, 1.807) is 38.1 Å². The monoisotopic (exact) mass is 336 g/mol. The largest absolute Gasteiger partial charge is 0.409 e. The number of benzene rings is 2. The molecule has 1 saturated heterocycles. The minimum absolute atomic E-state index is 0.00173. The molecule has 1 N–H and O–H groups in total. The van der Waals surface area contributed by atoms with Crippen molar-refractivity contribution in [2.75, 3.05) is 6.54 Å². The number of halogens is 3. The van der Waals surface area contributed by atoms with E-state index in [4.69, 9.17) is 0 Å². The maximum absolute atomic E-state index is 13.9. The van der Waals surface area contributed by atoms with E-state index in [2.05, 4.69) is 5.43 Å². The molecule has 0 aliphatic carbocycles. The number of carbonyl (C=O) groups excluding carboxylic acids is 1. The van der Waals surface area contributed by atoms with E-state index in [-0.39, 0.29) is 12.1 Å². The Morgan fingerprint density at radius 2 is 1.92 bits per heavy atom. The van der Waals surface area contributed by atoms with Gasteiger partial charge in [0.15, 0.2) is 6.04 Å². The Balaban J connectivity index is 2.13. The maximum atomic E-state index is 13.9. The third-order valence-corrected chi connectivity index (χ3v) is 4.41. The van der Waals surface area contributed by atoms with Crippen molar-refractivity contribution in [3.63, 3.8) is 0 Å². The second kappa shape index (κ2) is 5.48. The highest BCUT2D eigenvalue weighted by molar-refractivity contribution is 5.87. The molecule has 24 heavy (non-hydrogen) atoms. The topological polar surface area (TPSA) is 32.3 Å². The van der Waals surface area contributed by atoms with E-state index >= 15 is 0 Å². The smallest absolute Gasteiger partial charge is 0.287 e. The van der Waals surface area contributed by atoms with Crippen molar-refractivity contribution in [2.45, 2.75) is 33.0 Å². The number of nitrogens with zero attached hydrogens (tertiary/aromatic N) is 1.